The summed E-state index contributed by atoms with van der Waals surface area (Å²) in [6, 6.07) is -0.487. The molecular formula is C8H14N2O4. The SMILES string of the molecule is COC(=O)C(NOCC(N)=O)C1CC1. The van der Waals surface area contributed by atoms with Crippen molar-refractivity contribution in [3.63, 3.8) is 0 Å². The first-order chi connectivity index (χ1) is 6.65. The van der Waals surface area contributed by atoms with Crippen molar-refractivity contribution < 1.29 is 19.2 Å². The lowest BCUT2D eigenvalue weighted by molar-refractivity contribution is -0.150. The van der Waals surface area contributed by atoms with Gasteiger partial charge in [0, 0.05) is 0 Å². The van der Waals surface area contributed by atoms with Gasteiger partial charge in [0.15, 0.2) is 0 Å². The highest BCUT2D eigenvalue weighted by Crippen LogP contribution is 2.33. The molecule has 1 aliphatic carbocycles. The van der Waals surface area contributed by atoms with E-state index in [4.69, 9.17) is 10.6 Å². The van der Waals surface area contributed by atoms with E-state index in [0.717, 1.165) is 12.8 Å². The molecule has 0 aromatic rings. The van der Waals surface area contributed by atoms with Crippen molar-refractivity contribution in [2.75, 3.05) is 13.7 Å². The van der Waals surface area contributed by atoms with Crippen LogP contribution in [0.25, 0.3) is 0 Å². The number of nitrogens with two attached hydrogens (primary N) is 1. The van der Waals surface area contributed by atoms with Crippen LogP contribution >= 0.6 is 0 Å². The highest BCUT2D eigenvalue weighted by Gasteiger charge is 2.37. The lowest BCUT2D eigenvalue weighted by Crippen LogP contribution is -2.41. The normalized spacial score (nSPS) is 17.5. The molecule has 3 N–H and O–H groups in total. The highest BCUT2D eigenvalue weighted by molar-refractivity contribution is 5.76. The second kappa shape index (κ2) is 4.92. The topological polar surface area (TPSA) is 90.7 Å². The molecule has 0 aromatic carbocycles. The number of methoxy groups -OCH3 is 1. The predicted octanol–water partition coefficient (Wildman–Crippen LogP) is -1.06. The summed E-state index contributed by atoms with van der Waals surface area (Å²) < 4.78 is 4.57. The number of hydrogen-bond acceptors (Lipinski definition) is 5. The van der Waals surface area contributed by atoms with Gasteiger partial charge in [-0.15, -0.1) is 0 Å². The summed E-state index contributed by atoms with van der Waals surface area (Å²) in [5.41, 5.74) is 7.35. The van der Waals surface area contributed by atoms with Gasteiger partial charge < -0.3 is 10.5 Å². The molecule has 0 aliphatic heterocycles. The average Bonchev–Trinajstić information content (AvgIpc) is 2.94. The number of primary amides is 1. The van der Waals surface area contributed by atoms with Crippen LogP contribution in [-0.4, -0.2) is 31.6 Å². The quantitative estimate of drug-likeness (QED) is 0.423. The summed E-state index contributed by atoms with van der Waals surface area (Å²) in [4.78, 5) is 26.3. The molecule has 80 valence electrons. The van der Waals surface area contributed by atoms with Crippen molar-refractivity contribution in [1.29, 1.82) is 0 Å². The molecule has 1 saturated carbocycles. The van der Waals surface area contributed by atoms with Crippen molar-refractivity contribution in [2.45, 2.75) is 18.9 Å². The zero-order chi connectivity index (χ0) is 10.6. The van der Waals surface area contributed by atoms with E-state index in [9.17, 15) is 9.59 Å². The standard InChI is InChI=1S/C8H14N2O4/c1-13-8(12)7(5-2-3-5)10-14-4-6(9)11/h5,7,10H,2-4H2,1H3,(H2,9,11). The fourth-order valence-electron chi connectivity index (χ4n) is 1.10. The molecule has 1 fully saturated rings. The van der Waals surface area contributed by atoms with E-state index < -0.39 is 11.9 Å². The van der Waals surface area contributed by atoms with E-state index in [0.29, 0.717) is 0 Å². The van der Waals surface area contributed by atoms with Gasteiger partial charge in [-0.1, -0.05) is 0 Å². The van der Waals surface area contributed by atoms with Gasteiger partial charge in [-0.2, -0.15) is 5.48 Å². The number of amides is 1. The van der Waals surface area contributed by atoms with E-state index in [1.807, 2.05) is 0 Å². The first kappa shape index (κ1) is 10.9. The molecule has 1 amide bonds. The Bertz CT molecular complexity index is 227. The molecule has 0 radical (unpaired) electrons. The van der Waals surface area contributed by atoms with Gasteiger partial charge in [0.1, 0.15) is 12.6 Å². The van der Waals surface area contributed by atoms with E-state index in [-0.39, 0.29) is 18.5 Å². The summed E-state index contributed by atoms with van der Waals surface area (Å²) in [7, 11) is 1.31. The molecule has 0 bridgehead atoms. The molecule has 6 heteroatoms. The van der Waals surface area contributed by atoms with Gasteiger partial charge in [0.25, 0.3) is 0 Å². The van der Waals surface area contributed by atoms with Crippen LogP contribution in [-0.2, 0) is 19.2 Å². The highest BCUT2D eigenvalue weighted by atomic mass is 16.7. The van der Waals surface area contributed by atoms with E-state index in [2.05, 4.69) is 10.2 Å². The third-order valence-electron chi connectivity index (χ3n) is 1.97. The van der Waals surface area contributed by atoms with Gasteiger partial charge in [-0.3, -0.25) is 14.4 Å². The summed E-state index contributed by atoms with van der Waals surface area (Å²) in [5, 5.41) is 0. The van der Waals surface area contributed by atoms with Gasteiger partial charge in [-0.05, 0) is 18.8 Å². The van der Waals surface area contributed by atoms with Crippen LogP contribution in [0.2, 0.25) is 0 Å². The number of carbonyl (C=O) groups is 2. The lowest BCUT2D eigenvalue weighted by atomic mass is 10.2. The Labute approximate surface area is 81.7 Å². The molecule has 0 heterocycles. The van der Waals surface area contributed by atoms with E-state index in [1.54, 1.807) is 0 Å². The van der Waals surface area contributed by atoms with Crippen LogP contribution in [0.15, 0.2) is 0 Å². The van der Waals surface area contributed by atoms with Crippen LogP contribution in [0.5, 0.6) is 0 Å². The first-order valence-corrected chi connectivity index (χ1v) is 4.38. The maximum absolute atomic E-state index is 11.2. The van der Waals surface area contributed by atoms with Crippen molar-refractivity contribution in [3.8, 4) is 0 Å². The fourth-order valence-corrected chi connectivity index (χ4v) is 1.10. The van der Waals surface area contributed by atoms with Crippen LogP contribution in [0.4, 0.5) is 0 Å². The maximum atomic E-state index is 11.2. The summed E-state index contributed by atoms with van der Waals surface area (Å²) in [5.74, 6) is -0.718. The second-order valence-corrected chi connectivity index (χ2v) is 3.21. The maximum Gasteiger partial charge on any atom is 0.325 e. The van der Waals surface area contributed by atoms with Crippen molar-refractivity contribution >= 4 is 11.9 Å². The van der Waals surface area contributed by atoms with E-state index >= 15 is 0 Å². The Morgan fingerprint density at radius 2 is 2.21 bits per heavy atom. The monoisotopic (exact) mass is 202 g/mol. The number of nitrogens with one attached hydrogen (secondary N) is 1. The molecule has 0 spiro atoms. The number of hydroxylamine groups is 1. The van der Waals surface area contributed by atoms with Crippen molar-refractivity contribution in [3.05, 3.63) is 0 Å². The minimum absolute atomic E-state index is 0.246. The van der Waals surface area contributed by atoms with Gasteiger partial charge in [0.05, 0.1) is 7.11 Å². The first-order valence-electron chi connectivity index (χ1n) is 4.38. The molecule has 1 rings (SSSR count). The summed E-state index contributed by atoms with van der Waals surface area (Å²) in [6.07, 6.45) is 1.93. The van der Waals surface area contributed by atoms with E-state index in [1.165, 1.54) is 7.11 Å². The number of hydrogen-bond donors (Lipinski definition) is 2. The summed E-state index contributed by atoms with van der Waals surface area (Å²) >= 11 is 0. The molecule has 6 nitrogen and oxygen atoms in total. The zero-order valence-corrected chi connectivity index (χ0v) is 7.99. The predicted molar refractivity (Wildman–Crippen MR) is 46.8 cm³/mol. The Kier molecular flexibility index (Phi) is 3.84. The number of carbonyl (C=O) groups excluding carboxylic acids is 2. The minimum Gasteiger partial charge on any atom is -0.468 e. The Morgan fingerprint density at radius 1 is 1.57 bits per heavy atom. The third kappa shape index (κ3) is 3.31. The minimum atomic E-state index is -0.586. The van der Waals surface area contributed by atoms with Crippen molar-refractivity contribution in [1.82, 2.24) is 5.48 Å². The Hall–Kier alpha value is -1.14. The molecular weight excluding hydrogens is 188 g/mol. The van der Waals surface area contributed by atoms with Crippen LogP contribution in [0, 0.1) is 5.92 Å². The molecule has 1 aliphatic rings. The number of esters is 1. The molecule has 0 saturated heterocycles. The third-order valence-corrected chi connectivity index (χ3v) is 1.97. The zero-order valence-electron chi connectivity index (χ0n) is 7.99. The van der Waals surface area contributed by atoms with Gasteiger partial charge in [0.2, 0.25) is 5.91 Å². The average molecular weight is 202 g/mol. The Balaban J connectivity index is 2.28. The van der Waals surface area contributed by atoms with Crippen LogP contribution in [0.1, 0.15) is 12.8 Å². The molecule has 14 heavy (non-hydrogen) atoms. The molecule has 1 atom stereocenters. The molecule has 0 aromatic heterocycles. The van der Waals surface area contributed by atoms with Gasteiger partial charge in [-0.25, -0.2) is 0 Å². The van der Waals surface area contributed by atoms with Crippen LogP contribution < -0.4 is 11.2 Å². The Morgan fingerprint density at radius 3 is 2.64 bits per heavy atom. The fraction of sp³-hybridized carbons (Fsp3) is 0.750. The number of ether oxygens (including phenoxy) is 1. The number of rotatable bonds is 6. The summed E-state index contributed by atoms with van der Waals surface area (Å²) in [6.45, 7) is -0.250. The molecule has 1 unspecified atom stereocenters. The second-order valence-electron chi connectivity index (χ2n) is 3.21. The smallest absolute Gasteiger partial charge is 0.325 e. The lowest BCUT2D eigenvalue weighted by Gasteiger charge is -2.14. The largest absolute Gasteiger partial charge is 0.468 e. The van der Waals surface area contributed by atoms with Crippen LogP contribution in [0.3, 0.4) is 0 Å². The van der Waals surface area contributed by atoms with Gasteiger partial charge >= 0.3 is 5.97 Å². The van der Waals surface area contributed by atoms with Crippen molar-refractivity contribution in [2.24, 2.45) is 11.7 Å².